The number of nitrogens with zero attached hydrogens (tertiary/aromatic N) is 2. The van der Waals surface area contributed by atoms with Gasteiger partial charge in [-0.1, -0.05) is 68.4 Å². The predicted octanol–water partition coefficient (Wildman–Crippen LogP) is 7.96. The van der Waals surface area contributed by atoms with Gasteiger partial charge in [0.25, 0.3) is 11.8 Å². The smallest absolute Gasteiger partial charge is 0.309 e. The summed E-state index contributed by atoms with van der Waals surface area (Å²) in [6.07, 6.45) is 5.58. The molecule has 3 heterocycles. The molecule has 1 unspecified atom stereocenters. The minimum Gasteiger partial charge on any atom is -0.461 e. The van der Waals surface area contributed by atoms with E-state index in [4.69, 9.17) is 16.3 Å². The molecule has 0 saturated heterocycles. The maximum Gasteiger partial charge on any atom is 0.309 e. The first-order chi connectivity index (χ1) is 21.7. The molecule has 1 atom stereocenters. The third kappa shape index (κ3) is 5.23. The van der Waals surface area contributed by atoms with Crippen molar-refractivity contribution in [1.29, 1.82) is 0 Å². The Balaban J connectivity index is 1.15. The van der Waals surface area contributed by atoms with Gasteiger partial charge in [0.15, 0.2) is 0 Å². The first-order valence-corrected chi connectivity index (χ1v) is 16.1. The molecule has 4 aliphatic rings. The molecule has 0 aromatic heterocycles. The number of esters is 1. The van der Waals surface area contributed by atoms with Crippen molar-refractivity contribution in [3.8, 4) is 0 Å². The van der Waals surface area contributed by atoms with Crippen LogP contribution in [0.4, 0.5) is 17.1 Å². The van der Waals surface area contributed by atoms with Crippen molar-refractivity contribution < 1.29 is 19.1 Å². The van der Waals surface area contributed by atoms with Crippen LogP contribution in [-0.2, 0) is 27.4 Å². The number of anilines is 3. The van der Waals surface area contributed by atoms with E-state index in [0.29, 0.717) is 41.2 Å². The van der Waals surface area contributed by atoms with Gasteiger partial charge in [-0.3, -0.25) is 14.4 Å². The molecule has 3 aliphatic heterocycles. The molecule has 7 rings (SSSR count). The van der Waals surface area contributed by atoms with Crippen molar-refractivity contribution in [1.82, 2.24) is 0 Å². The van der Waals surface area contributed by atoms with Gasteiger partial charge in [0.1, 0.15) is 12.3 Å². The molecule has 8 heteroatoms. The summed E-state index contributed by atoms with van der Waals surface area (Å²) >= 11 is 6.29. The number of halogens is 1. The van der Waals surface area contributed by atoms with E-state index in [2.05, 4.69) is 18.0 Å². The highest BCUT2D eigenvalue weighted by Crippen LogP contribution is 2.51. The van der Waals surface area contributed by atoms with Gasteiger partial charge in [-0.05, 0) is 91.0 Å². The molecule has 1 fully saturated rings. The van der Waals surface area contributed by atoms with Crippen LogP contribution in [0, 0.1) is 17.8 Å². The van der Waals surface area contributed by atoms with Crippen LogP contribution in [0.25, 0.3) is 0 Å². The Kier molecular flexibility index (Phi) is 7.52. The summed E-state index contributed by atoms with van der Waals surface area (Å²) in [5, 5.41) is 3.71. The largest absolute Gasteiger partial charge is 0.461 e. The Morgan fingerprint density at radius 3 is 2.49 bits per heavy atom. The van der Waals surface area contributed by atoms with Gasteiger partial charge < -0.3 is 19.9 Å². The molecule has 1 N–H and O–H groups in total. The monoisotopic (exact) mass is 621 g/mol. The van der Waals surface area contributed by atoms with Crippen LogP contribution in [0.5, 0.6) is 0 Å². The van der Waals surface area contributed by atoms with E-state index in [1.165, 1.54) is 0 Å². The molecule has 0 bridgehead atoms. The lowest BCUT2D eigenvalue weighted by atomic mass is 9.80. The zero-order valence-electron chi connectivity index (χ0n) is 25.5. The lowest BCUT2D eigenvalue weighted by Crippen LogP contribution is -2.38. The van der Waals surface area contributed by atoms with Crippen molar-refractivity contribution in [2.75, 3.05) is 15.1 Å². The standard InChI is InChI=1S/C37H36ClN3O4/c1-21(2)15-34-35(42)39-30-18-29-28(32-17-26-16-27(38)13-14-31(26)41(32)36(29)43)19-33(30)40(34)22(3)24-9-11-25(12-10-24)37(44)45-20-23-7-5-4-6-8-23/h4-8,13-16,18-19,21,24-25,32H,3,9-12,17,20H2,1-2H3,(H,39,42)/b34-15-. The normalized spacial score (nSPS) is 22.6. The number of rotatable bonds is 6. The first-order valence-electron chi connectivity index (χ1n) is 15.7. The minimum atomic E-state index is -0.221. The third-order valence-corrected chi connectivity index (χ3v) is 9.73. The summed E-state index contributed by atoms with van der Waals surface area (Å²) < 4.78 is 5.64. The van der Waals surface area contributed by atoms with E-state index in [1.807, 2.05) is 84.3 Å². The number of ether oxygens (including phenoxy) is 1. The Hall–Kier alpha value is -4.36. The van der Waals surface area contributed by atoms with Crippen LogP contribution < -0.4 is 15.1 Å². The number of hydrogen-bond acceptors (Lipinski definition) is 5. The SMILES string of the molecule is C=C(C1CCC(C(=O)OCc2ccccc2)CC1)N1/C(=C\C(C)C)C(=O)Nc2cc3c(cc21)C1Cc2cc(Cl)ccc2N1C3=O. The Morgan fingerprint density at radius 2 is 1.76 bits per heavy atom. The summed E-state index contributed by atoms with van der Waals surface area (Å²) in [6, 6.07) is 19.1. The van der Waals surface area contributed by atoms with Crippen molar-refractivity contribution in [2.45, 2.75) is 58.6 Å². The van der Waals surface area contributed by atoms with Crippen LogP contribution in [0.15, 0.2) is 84.7 Å². The highest BCUT2D eigenvalue weighted by molar-refractivity contribution is 6.31. The van der Waals surface area contributed by atoms with Gasteiger partial charge in [0.2, 0.25) is 0 Å². The molecule has 0 spiro atoms. The molecule has 0 radical (unpaired) electrons. The second-order valence-electron chi connectivity index (χ2n) is 12.8. The van der Waals surface area contributed by atoms with Crippen molar-refractivity contribution in [3.05, 3.63) is 112 Å². The van der Waals surface area contributed by atoms with E-state index in [0.717, 1.165) is 46.6 Å². The van der Waals surface area contributed by atoms with Crippen LogP contribution in [0.3, 0.4) is 0 Å². The van der Waals surface area contributed by atoms with Crippen LogP contribution in [0.1, 0.15) is 72.6 Å². The number of nitrogens with one attached hydrogen (secondary N) is 1. The van der Waals surface area contributed by atoms with Gasteiger partial charge in [0.05, 0.1) is 23.3 Å². The van der Waals surface area contributed by atoms with E-state index < -0.39 is 0 Å². The average molecular weight is 622 g/mol. The fourth-order valence-corrected chi connectivity index (χ4v) is 7.48. The molecule has 230 valence electrons. The first kappa shape index (κ1) is 29.4. The molecular weight excluding hydrogens is 586 g/mol. The fraction of sp³-hybridized carbons (Fsp3) is 0.324. The zero-order valence-corrected chi connectivity index (χ0v) is 26.3. The highest BCUT2D eigenvalue weighted by Gasteiger charge is 2.45. The predicted molar refractivity (Wildman–Crippen MR) is 176 cm³/mol. The number of amides is 2. The highest BCUT2D eigenvalue weighted by atomic mass is 35.5. The van der Waals surface area contributed by atoms with E-state index in [1.54, 1.807) is 0 Å². The molecule has 3 aromatic carbocycles. The van der Waals surface area contributed by atoms with Crippen LogP contribution in [-0.4, -0.2) is 17.8 Å². The molecular formula is C37H36ClN3O4. The summed E-state index contributed by atoms with van der Waals surface area (Å²) in [4.78, 5) is 44.0. The van der Waals surface area contributed by atoms with Gasteiger partial charge >= 0.3 is 5.97 Å². The van der Waals surface area contributed by atoms with E-state index in [-0.39, 0.29) is 48.2 Å². The summed E-state index contributed by atoms with van der Waals surface area (Å²) in [5.74, 6) is -0.395. The van der Waals surface area contributed by atoms with Crippen molar-refractivity contribution >= 4 is 46.4 Å². The molecule has 1 aliphatic carbocycles. The number of allylic oxidation sites excluding steroid dienone is 2. The quantitative estimate of drug-likeness (QED) is 0.223. The topological polar surface area (TPSA) is 79.0 Å². The summed E-state index contributed by atoms with van der Waals surface area (Å²) in [7, 11) is 0. The number of hydrogen-bond donors (Lipinski definition) is 1. The van der Waals surface area contributed by atoms with Crippen molar-refractivity contribution in [3.63, 3.8) is 0 Å². The molecule has 1 saturated carbocycles. The maximum absolute atomic E-state index is 13.7. The second kappa shape index (κ2) is 11.5. The number of benzene rings is 3. The van der Waals surface area contributed by atoms with E-state index in [9.17, 15) is 14.4 Å². The van der Waals surface area contributed by atoms with Gasteiger partial charge in [-0.15, -0.1) is 0 Å². The molecule has 7 nitrogen and oxygen atoms in total. The molecule has 45 heavy (non-hydrogen) atoms. The number of carbonyl (C=O) groups is 3. The van der Waals surface area contributed by atoms with Gasteiger partial charge in [0, 0.05) is 22.0 Å². The Labute approximate surface area is 268 Å². The van der Waals surface area contributed by atoms with E-state index >= 15 is 0 Å². The lowest BCUT2D eigenvalue weighted by molar-refractivity contribution is -0.151. The lowest BCUT2D eigenvalue weighted by Gasteiger charge is -2.39. The average Bonchev–Trinajstić information content (AvgIpc) is 3.53. The Morgan fingerprint density at radius 1 is 1.02 bits per heavy atom. The van der Waals surface area contributed by atoms with Crippen LogP contribution >= 0.6 is 11.6 Å². The fourth-order valence-electron chi connectivity index (χ4n) is 7.28. The number of carbonyl (C=O) groups excluding carboxylic acids is 3. The maximum atomic E-state index is 13.7. The number of fused-ring (bicyclic) bond motifs is 6. The summed E-state index contributed by atoms with van der Waals surface area (Å²) in [5.41, 5.74) is 7.24. The Bertz CT molecular complexity index is 1760. The van der Waals surface area contributed by atoms with Gasteiger partial charge in [-0.25, -0.2) is 0 Å². The second-order valence-corrected chi connectivity index (χ2v) is 13.3. The zero-order chi connectivity index (χ0) is 31.4. The molecule has 3 aromatic rings. The van der Waals surface area contributed by atoms with Crippen LogP contribution in [0.2, 0.25) is 5.02 Å². The minimum absolute atomic E-state index is 0.0699. The summed E-state index contributed by atoms with van der Waals surface area (Å²) in [6.45, 7) is 8.92. The molecule has 2 amide bonds. The van der Waals surface area contributed by atoms with Gasteiger partial charge in [-0.2, -0.15) is 0 Å². The van der Waals surface area contributed by atoms with Crippen molar-refractivity contribution in [2.24, 2.45) is 17.8 Å². The third-order valence-electron chi connectivity index (χ3n) is 9.50.